The van der Waals surface area contributed by atoms with Gasteiger partial charge in [0.05, 0.1) is 16.1 Å². The minimum absolute atomic E-state index is 0.00574. The van der Waals surface area contributed by atoms with Crippen LogP contribution < -0.4 is 5.32 Å². The summed E-state index contributed by atoms with van der Waals surface area (Å²) in [6, 6.07) is 3.45. The largest absolute Gasteiger partial charge is 0.353 e. The van der Waals surface area contributed by atoms with E-state index in [0.717, 1.165) is 17.0 Å². The van der Waals surface area contributed by atoms with Gasteiger partial charge in [0, 0.05) is 37.2 Å². The maximum Gasteiger partial charge on any atom is 0.270 e. The second-order valence-corrected chi connectivity index (χ2v) is 7.50. The number of carbonyl (C=O) groups is 4. The average molecular weight is 402 g/mol. The first-order chi connectivity index (χ1) is 13.7. The number of hydrogen-bond acceptors (Lipinski definition) is 6. The third-order valence-corrected chi connectivity index (χ3v) is 5.18. The van der Waals surface area contributed by atoms with Crippen molar-refractivity contribution in [3.63, 3.8) is 0 Å². The molecule has 1 aromatic rings. The number of amides is 4. The number of nitro benzene ring substituents is 1. The topological polar surface area (TPSA) is 130 Å². The molecule has 2 aliphatic heterocycles. The lowest BCUT2D eigenvalue weighted by Crippen LogP contribution is -2.50. The molecule has 0 atom stereocenters. The minimum atomic E-state index is -0.707. The number of fused-ring (bicyclic) bond motifs is 1. The summed E-state index contributed by atoms with van der Waals surface area (Å²) in [5.74, 6) is -1.86. The van der Waals surface area contributed by atoms with Crippen LogP contribution in [0.15, 0.2) is 18.2 Å². The van der Waals surface area contributed by atoms with E-state index in [1.165, 1.54) is 6.07 Å². The predicted molar refractivity (Wildman–Crippen MR) is 101 cm³/mol. The number of rotatable bonds is 5. The zero-order valence-electron chi connectivity index (χ0n) is 16.2. The summed E-state index contributed by atoms with van der Waals surface area (Å²) < 4.78 is 0. The van der Waals surface area contributed by atoms with Gasteiger partial charge in [0.2, 0.25) is 11.8 Å². The van der Waals surface area contributed by atoms with Crippen molar-refractivity contribution in [3.8, 4) is 0 Å². The van der Waals surface area contributed by atoms with Gasteiger partial charge in [0.15, 0.2) is 0 Å². The Bertz CT molecular complexity index is 889. The van der Waals surface area contributed by atoms with Gasteiger partial charge in [-0.05, 0) is 18.9 Å². The van der Waals surface area contributed by atoms with E-state index < -0.39 is 23.3 Å². The Kier molecular flexibility index (Phi) is 5.62. The number of non-ortho nitro benzene ring substituents is 1. The number of nitro groups is 1. The Morgan fingerprint density at radius 2 is 1.79 bits per heavy atom. The number of hydrogen-bond donors (Lipinski definition) is 1. The van der Waals surface area contributed by atoms with Gasteiger partial charge in [-0.25, -0.2) is 0 Å². The summed E-state index contributed by atoms with van der Waals surface area (Å²) in [6.45, 7) is 4.03. The zero-order chi connectivity index (χ0) is 21.3. The molecule has 10 heteroatoms. The molecular formula is C19H22N4O6. The van der Waals surface area contributed by atoms with Crippen LogP contribution in [0.5, 0.6) is 0 Å². The minimum Gasteiger partial charge on any atom is -0.353 e. The average Bonchev–Trinajstić information content (AvgIpc) is 2.92. The molecular weight excluding hydrogens is 380 g/mol. The second kappa shape index (κ2) is 7.98. The summed E-state index contributed by atoms with van der Waals surface area (Å²) in [6.07, 6.45) is 1.19. The zero-order valence-corrected chi connectivity index (χ0v) is 16.2. The molecule has 0 saturated carbocycles. The van der Waals surface area contributed by atoms with Crippen LogP contribution in [0, 0.1) is 16.0 Å². The first kappa shape index (κ1) is 20.4. The number of nitrogens with one attached hydrogen (secondary N) is 1. The van der Waals surface area contributed by atoms with E-state index in [9.17, 15) is 29.3 Å². The molecule has 1 saturated heterocycles. The number of imide groups is 1. The predicted octanol–water partition coefficient (Wildman–Crippen LogP) is 0.954. The van der Waals surface area contributed by atoms with E-state index in [1.807, 2.05) is 13.8 Å². The molecule has 29 heavy (non-hydrogen) atoms. The van der Waals surface area contributed by atoms with Crippen LogP contribution in [-0.2, 0) is 9.59 Å². The fraction of sp³-hybridized carbons (Fsp3) is 0.474. The van der Waals surface area contributed by atoms with E-state index >= 15 is 0 Å². The van der Waals surface area contributed by atoms with Gasteiger partial charge in [-0.15, -0.1) is 0 Å². The Labute approximate surface area is 167 Å². The highest BCUT2D eigenvalue weighted by molar-refractivity contribution is 6.22. The molecule has 1 fully saturated rings. The molecule has 1 N–H and O–H groups in total. The molecule has 0 radical (unpaired) electrons. The summed E-state index contributed by atoms with van der Waals surface area (Å²) in [7, 11) is 0. The van der Waals surface area contributed by atoms with E-state index in [-0.39, 0.29) is 40.6 Å². The van der Waals surface area contributed by atoms with Crippen molar-refractivity contribution >= 4 is 29.3 Å². The number of benzene rings is 1. The molecule has 2 aliphatic rings. The fourth-order valence-electron chi connectivity index (χ4n) is 3.41. The number of nitrogens with zero attached hydrogens (tertiary/aromatic N) is 3. The third-order valence-electron chi connectivity index (χ3n) is 5.18. The van der Waals surface area contributed by atoms with E-state index in [1.54, 1.807) is 4.90 Å². The normalized spacial score (nSPS) is 16.9. The van der Waals surface area contributed by atoms with Gasteiger partial charge in [-0.2, -0.15) is 0 Å². The highest BCUT2D eigenvalue weighted by atomic mass is 16.6. The molecule has 0 aliphatic carbocycles. The van der Waals surface area contributed by atoms with Crippen molar-refractivity contribution < 1.29 is 24.1 Å². The van der Waals surface area contributed by atoms with Gasteiger partial charge in [0.1, 0.15) is 6.54 Å². The molecule has 0 spiro atoms. The lowest BCUT2D eigenvalue weighted by molar-refractivity contribution is -0.384. The Morgan fingerprint density at radius 1 is 1.17 bits per heavy atom. The van der Waals surface area contributed by atoms with Crippen LogP contribution >= 0.6 is 0 Å². The number of piperidine rings is 1. The SMILES string of the molecule is CC(C)C(=O)NC1CCN(C(=O)CN2C(=O)c3ccc([N+](=O)[O-])cc3C2=O)CC1. The van der Waals surface area contributed by atoms with Gasteiger partial charge in [-0.1, -0.05) is 13.8 Å². The van der Waals surface area contributed by atoms with Crippen molar-refractivity contribution in [3.05, 3.63) is 39.4 Å². The van der Waals surface area contributed by atoms with Crippen molar-refractivity contribution in [2.45, 2.75) is 32.7 Å². The van der Waals surface area contributed by atoms with Crippen LogP contribution in [-0.4, -0.2) is 64.0 Å². The monoisotopic (exact) mass is 402 g/mol. The molecule has 0 bridgehead atoms. The van der Waals surface area contributed by atoms with Gasteiger partial charge in [0.25, 0.3) is 17.5 Å². The van der Waals surface area contributed by atoms with Crippen LogP contribution in [0.3, 0.4) is 0 Å². The summed E-state index contributed by atoms with van der Waals surface area (Å²) in [5.41, 5.74) is -0.292. The van der Waals surface area contributed by atoms with Crippen LogP contribution in [0.1, 0.15) is 47.4 Å². The Morgan fingerprint density at radius 3 is 2.38 bits per heavy atom. The van der Waals surface area contributed by atoms with Crippen molar-refractivity contribution in [1.29, 1.82) is 0 Å². The molecule has 2 heterocycles. The second-order valence-electron chi connectivity index (χ2n) is 7.50. The van der Waals surface area contributed by atoms with Gasteiger partial charge >= 0.3 is 0 Å². The maximum absolute atomic E-state index is 12.6. The molecule has 4 amide bonds. The molecule has 154 valence electrons. The van der Waals surface area contributed by atoms with Crippen LogP contribution in [0.25, 0.3) is 0 Å². The number of carbonyl (C=O) groups excluding carboxylic acids is 4. The highest BCUT2D eigenvalue weighted by Gasteiger charge is 2.39. The first-order valence-electron chi connectivity index (χ1n) is 9.41. The molecule has 0 unspecified atom stereocenters. The Hall–Kier alpha value is -3.30. The van der Waals surface area contributed by atoms with Crippen molar-refractivity contribution in [2.75, 3.05) is 19.6 Å². The van der Waals surface area contributed by atoms with Crippen molar-refractivity contribution in [2.24, 2.45) is 5.92 Å². The lowest BCUT2D eigenvalue weighted by atomic mass is 10.0. The third kappa shape index (κ3) is 4.10. The van der Waals surface area contributed by atoms with Gasteiger partial charge in [-0.3, -0.25) is 34.2 Å². The van der Waals surface area contributed by atoms with E-state index in [4.69, 9.17) is 0 Å². The highest BCUT2D eigenvalue weighted by Crippen LogP contribution is 2.27. The summed E-state index contributed by atoms with van der Waals surface area (Å²) in [5, 5.41) is 13.8. The molecule has 1 aromatic carbocycles. The quantitative estimate of drug-likeness (QED) is 0.443. The van der Waals surface area contributed by atoms with Crippen molar-refractivity contribution in [1.82, 2.24) is 15.1 Å². The molecule has 0 aromatic heterocycles. The maximum atomic E-state index is 12.6. The van der Waals surface area contributed by atoms with E-state index in [2.05, 4.69) is 5.32 Å². The van der Waals surface area contributed by atoms with E-state index in [0.29, 0.717) is 25.9 Å². The number of likely N-dealkylation sites (tertiary alicyclic amines) is 1. The lowest BCUT2D eigenvalue weighted by Gasteiger charge is -2.33. The fourth-order valence-corrected chi connectivity index (χ4v) is 3.41. The van der Waals surface area contributed by atoms with Crippen LogP contribution in [0.2, 0.25) is 0 Å². The van der Waals surface area contributed by atoms with Crippen LogP contribution in [0.4, 0.5) is 5.69 Å². The smallest absolute Gasteiger partial charge is 0.270 e. The molecule has 3 rings (SSSR count). The summed E-state index contributed by atoms with van der Waals surface area (Å²) in [4.78, 5) is 62.0. The first-order valence-corrected chi connectivity index (χ1v) is 9.41. The Balaban J connectivity index is 1.60. The van der Waals surface area contributed by atoms with Gasteiger partial charge < -0.3 is 10.2 Å². The standard InChI is InChI=1S/C19H22N4O6/c1-11(2)17(25)20-12-5-7-21(8-6-12)16(24)10-22-18(26)14-4-3-13(23(28)29)9-15(14)19(22)27/h3-4,9,11-12H,5-8,10H2,1-2H3,(H,20,25). The summed E-state index contributed by atoms with van der Waals surface area (Å²) >= 11 is 0. The molecule has 10 nitrogen and oxygen atoms in total.